The average Bonchev–Trinajstić information content (AvgIpc) is 2.80. The first-order valence-electron chi connectivity index (χ1n) is 10.9. The number of hydrogen-bond acceptors (Lipinski definition) is 5. The molecule has 33 heavy (non-hydrogen) atoms. The van der Waals surface area contributed by atoms with Gasteiger partial charge in [-0.15, -0.1) is 0 Å². The van der Waals surface area contributed by atoms with Crippen molar-refractivity contribution in [1.29, 1.82) is 5.26 Å². The normalized spacial score (nSPS) is 11.1. The summed E-state index contributed by atoms with van der Waals surface area (Å²) in [4.78, 5) is 26.9. The molecule has 0 aliphatic carbocycles. The number of rotatable bonds is 11. The summed E-state index contributed by atoms with van der Waals surface area (Å²) in [5, 5.41) is 11.6. The molecule has 176 valence electrons. The van der Waals surface area contributed by atoms with E-state index in [0.717, 1.165) is 0 Å². The molecule has 0 saturated heterocycles. The van der Waals surface area contributed by atoms with Gasteiger partial charge in [-0.25, -0.2) is 8.42 Å². The molecule has 2 aromatic carbocycles. The Morgan fingerprint density at radius 2 is 1.70 bits per heavy atom. The first-order valence-corrected chi connectivity index (χ1v) is 12.3. The molecule has 0 radical (unpaired) electrons. The lowest BCUT2D eigenvalue weighted by Gasteiger charge is -2.22. The Morgan fingerprint density at radius 1 is 1.03 bits per heavy atom. The summed E-state index contributed by atoms with van der Waals surface area (Å²) >= 11 is 0. The standard InChI is InChI=1S/C24H30N4O4S/c1-4-27(5-2)33(31,32)22-18-20(13-12-19(22)3)26-23(29)14-15-24(30)28(17-9-16-25)21-10-7-6-8-11-21/h6-8,10-13,18H,4-5,9,14-15,17H2,1-3H3,(H,26,29). The van der Waals surface area contributed by atoms with Crippen molar-refractivity contribution in [3.05, 3.63) is 54.1 Å². The van der Waals surface area contributed by atoms with Gasteiger partial charge >= 0.3 is 0 Å². The molecule has 2 rings (SSSR count). The molecule has 0 saturated carbocycles. The van der Waals surface area contributed by atoms with Crippen LogP contribution in [0.1, 0.15) is 38.7 Å². The van der Waals surface area contributed by atoms with Crippen molar-refractivity contribution < 1.29 is 18.0 Å². The highest BCUT2D eigenvalue weighted by Crippen LogP contribution is 2.24. The van der Waals surface area contributed by atoms with Crippen molar-refractivity contribution in [2.45, 2.75) is 44.9 Å². The Hall–Kier alpha value is -3.22. The van der Waals surface area contributed by atoms with Crippen LogP contribution >= 0.6 is 0 Å². The number of para-hydroxylation sites is 1. The van der Waals surface area contributed by atoms with E-state index >= 15 is 0 Å². The van der Waals surface area contributed by atoms with Crippen LogP contribution < -0.4 is 10.2 Å². The number of nitriles is 1. The van der Waals surface area contributed by atoms with Crippen LogP contribution in [0.4, 0.5) is 11.4 Å². The molecule has 2 aromatic rings. The van der Waals surface area contributed by atoms with Gasteiger partial charge in [0.05, 0.1) is 17.4 Å². The van der Waals surface area contributed by atoms with E-state index in [1.807, 2.05) is 12.1 Å². The number of benzene rings is 2. The van der Waals surface area contributed by atoms with E-state index in [1.165, 1.54) is 15.3 Å². The van der Waals surface area contributed by atoms with Gasteiger partial charge in [0.1, 0.15) is 0 Å². The van der Waals surface area contributed by atoms with Crippen molar-refractivity contribution in [2.75, 3.05) is 29.9 Å². The highest BCUT2D eigenvalue weighted by molar-refractivity contribution is 7.89. The molecule has 0 heterocycles. The molecular weight excluding hydrogens is 440 g/mol. The zero-order valence-corrected chi connectivity index (χ0v) is 20.1. The van der Waals surface area contributed by atoms with Gasteiger partial charge in [-0.2, -0.15) is 9.57 Å². The molecular formula is C24H30N4O4S. The summed E-state index contributed by atoms with van der Waals surface area (Å²) < 4.78 is 27.2. The third-order valence-corrected chi connectivity index (χ3v) is 7.37. The van der Waals surface area contributed by atoms with Crippen molar-refractivity contribution >= 4 is 33.2 Å². The molecule has 2 amide bonds. The number of aryl methyl sites for hydroxylation is 1. The van der Waals surface area contributed by atoms with Crippen LogP contribution in [-0.4, -0.2) is 44.2 Å². The molecule has 9 heteroatoms. The molecule has 0 bridgehead atoms. The van der Waals surface area contributed by atoms with Crippen LogP contribution in [0.25, 0.3) is 0 Å². The van der Waals surface area contributed by atoms with Crippen molar-refractivity contribution in [3.63, 3.8) is 0 Å². The number of sulfonamides is 1. The molecule has 0 spiro atoms. The number of carbonyl (C=O) groups is 2. The maximum atomic E-state index is 12.9. The highest BCUT2D eigenvalue weighted by Gasteiger charge is 2.24. The van der Waals surface area contributed by atoms with Crippen LogP contribution in [0.2, 0.25) is 0 Å². The van der Waals surface area contributed by atoms with E-state index in [4.69, 9.17) is 5.26 Å². The molecule has 0 aliphatic rings. The van der Waals surface area contributed by atoms with Crippen LogP contribution in [0.5, 0.6) is 0 Å². The lowest BCUT2D eigenvalue weighted by molar-refractivity contribution is -0.122. The summed E-state index contributed by atoms with van der Waals surface area (Å²) in [7, 11) is -3.67. The summed E-state index contributed by atoms with van der Waals surface area (Å²) in [5.74, 6) is -0.660. The predicted octanol–water partition coefficient (Wildman–Crippen LogP) is 3.69. The minimum Gasteiger partial charge on any atom is -0.326 e. The largest absolute Gasteiger partial charge is 0.326 e. The molecule has 0 aromatic heterocycles. The first kappa shape index (κ1) is 26.0. The summed E-state index contributed by atoms with van der Waals surface area (Å²) in [6, 6.07) is 15.8. The van der Waals surface area contributed by atoms with Crippen molar-refractivity contribution in [3.8, 4) is 6.07 Å². The Bertz CT molecular complexity index is 1110. The molecule has 0 fully saturated rings. The Morgan fingerprint density at radius 3 is 2.30 bits per heavy atom. The van der Waals surface area contributed by atoms with Gasteiger partial charge in [0, 0.05) is 43.9 Å². The van der Waals surface area contributed by atoms with Gasteiger partial charge in [-0.05, 0) is 36.8 Å². The van der Waals surface area contributed by atoms with Crippen molar-refractivity contribution in [2.24, 2.45) is 0 Å². The smallest absolute Gasteiger partial charge is 0.243 e. The maximum absolute atomic E-state index is 12.9. The summed E-state index contributed by atoms with van der Waals surface area (Å²) in [5.41, 5.74) is 1.61. The summed E-state index contributed by atoms with van der Waals surface area (Å²) in [6.45, 7) is 6.19. The second-order valence-electron chi connectivity index (χ2n) is 7.41. The zero-order chi connectivity index (χ0) is 24.4. The minimum absolute atomic E-state index is 0.0391. The molecule has 8 nitrogen and oxygen atoms in total. The first-order chi connectivity index (χ1) is 15.7. The van der Waals surface area contributed by atoms with Gasteiger partial charge in [0.25, 0.3) is 0 Å². The van der Waals surface area contributed by atoms with E-state index in [-0.39, 0.29) is 36.6 Å². The van der Waals surface area contributed by atoms with Gasteiger partial charge in [0.2, 0.25) is 21.8 Å². The monoisotopic (exact) mass is 470 g/mol. The van der Waals surface area contributed by atoms with Crippen LogP contribution in [0.3, 0.4) is 0 Å². The number of anilines is 2. The van der Waals surface area contributed by atoms with E-state index in [0.29, 0.717) is 30.0 Å². The topological polar surface area (TPSA) is 111 Å². The molecule has 0 aliphatic heterocycles. The summed E-state index contributed by atoms with van der Waals surface area (Å²) in [6.07, 6.45) is 0.0727. The minimum atomic E-state index is -3.67. The van der Waals surface area contributed by atoms with Crippen LogP contribution in [0, 0.1) is 18.3 Å². The third-order valence-electron chi connectivity index (χ3n) is 5.18. The maximum Gasteiger partial charge on any atom is 0.243 e. The Balaban J connectivity index is 2.08. The number of carbonyl (C=O) groups excluding carboxylic acids is 2. The van der Waals surface area contributed by atoms with Gasteiger partial charge in [-0.1, -0.05) is 38.1 Å². The Labute approximate surface area is 195 Å². The zero-order valence-electron chi connectivity index (χ0n) is 19.2. The number of amides is 2. The number of hydrogen-bond donors (Lipinski definition) is 1. The van der Waals surface area contributed by atoms with Gasteiger partial charge < -0.3 is 10.2 Å². The lowest BCUT2D eigenvalue weighted by Crippen LogP contribution is -2.32. The quantitative estimate of drug-likeness (QED) is 0.538. The van der Waals surface area contributed by atoms with E-state index in [2.05, 4.69) is 5.32 Å². The van der Waals surface area contributed by atoms with E-state index in [9.17, 15) is 18.0 Å². The SMILES string of the molecule is CCN(CC)S(=O)(=O)c1cc(NC(=O)CCC(=O)N(CCC#N)c2ccccc2)ccc1C. The van der Waals surface area contributed by atoms with Crippen molar-refractivity contribution in [1.82, 2.24) is 4.31 Å². The second kappa shape index (κ2) is 12.1. The van der Waals surface area contributed by atoms with Gasteiger partial charge in [0.15, 0.2) is 0 Å². The highest BCUT2D eigenvalue weighted by atomic mass is 32.2. The van der Waals surface area contributed by atoms with E-state index in [1.54, 1.807) is 57.2 Å². The second-order valence-corrected chi connectivity index (χ2v) is 9.31. The van der Waals surface area contributed by atoms with Crippen LogP contribution in [0.15, 0.2) is 53.4 Å². The fourth-order valence-electron chi connectivity index (χ4n) is 3.40. The molecule has 1 N–H and O–H groups in total. The number of nitrogens with one attached hydrogen (secondary N) is 1. The average molecular weight is 471 g/mol. The molecule has 0 unspecified atom stereocenters. The molecule has 0 atom stereocenters. The fourth-order valence-corrected chi connectivity index (χ4v) is 5.11. The fraction of sp³-hybridized carbons (Fsp3) is 0.375. The van der Waals surface area contributed by atoms with Gasteiger partial charge in [-0.3, -0.25) is 9.59 Å². The van der Waals surface area contributed by atoms with Crippen LogP contribution in [-0.2, 0) is 19.6 Å². The Kier molecular flexibility index (Phi) is 9.57. The third kappa shape index (κ3) is 6.88. The lowest BCUT2D eigenvalue weighted by atomic mass is 10.2. The predicted molar refractivity (Wildman–Crippen MR) is 128 cm³/mol. The van der Waals surface area contributed by atoms with E-state index < -0.39 is 15.9 Å². The number of nitrogens with zero attached hydrogens (tertiary/aromatic N) is 3.